The molecular weight excluding hydrogens is 200 g/mol. The van der Waals surface area contributed by atoms with E-state index in [0.29, 0.717) is 0 Å². The van der Waals surface area contributed by atoms with E-state index in [4.69, 9.17) is 0 Å². The first-order valence-corrected chi connectivity index (χ1v) is 5.85. The standard InChI is InChI=1S/C12H20N4/c1-8-10(13-4)14-9(2)15-11(8)16-12(3)6-5-7-12/h5-7H2,1-4H3,(H2,13,14,15,16). The van der Waals surface area contributed by atoms with Gasteiger partial charge in [0, 0.05) is 18.2 Å². The molecule has 1 fully saturated rings. The minimum Gasteiger partial charge on any atom is -0.373 e. The monoisotopic (exact) mass is 220 g/mol. The first-order chi connectivity index (χ1) is 7.54. The Bertz CT molecular complexity index is 396. The van der Waals surface area contributed by atoms with Crippen molar-refractivity contribution in [3.8, 4) is 0 Å². The van der Waals surface area contributed by atoms with Crippen molar-refractivity contribution in [3.05, 3.63) is 11.4 Å². The third-order valence-corrected chi connectivity index (χ3v) is 3.37. The van der Waals surface area contributed by atoms with Crippen molar-refractivity contribution in [3.63, 3.8) is 0 Å². The molecule has 1 heterocycles. The highest BCUT2D eigenvalue weighted by Gasteiger charge is 2.32. The van der Waals surface area contributed by atoms with Crippen molar-refractivity contribution in [1.29, 1.82) is 0 Å². The van der Waals surface area contributed by atoms with Gasteiger partial charge in [0.15, 0.2) is 0 Å². The van der Waals surface area contributed by atoms with Crippen LogP contribution in [0.25, 0.3) is 0 Å². The number of nitrogens with zero attached hydrogens (tertiary/aromatic N) is 2. The van der Waals surface area contributed by atoms with Gasteiger partial charge >= 0.3 is 0 Å². The highest BCUT2D eigenvalue weighted by molar-refractivity contribution is 5.58. The molecule has 16 heavy (non-hydrogen) atoms. The average Bonchev–Trinajstić information content (AvgIpc) is 2.20. The van der Waals surface area contributed by atoms with Gasteiger partial charge in [-0.3, -0.25) is 0 Å². The molecule has 4 nitrogen and oxygen atoms in total. The average molecular weight is 220 g/mol. The van der Waals surface area contributed by atoms with Crippen LogP contribution in [0.3, 0.4) is 0 Å². The van der Waals surface area contributed by atoms with Crippen LogP contribution in [-0.2, 0) is 0 Å². The Kier molecular flexibility index (Phi) is 2.74. The summed E-state index contributed by atoms with van der Waals surface area (Å²) in [6.45, 7) is 6.23. The first-order valence-electron chi connectivity index (χ1n) is 5.85. The smallest absolute Gasteiger partial charge is 0.135 e. The number of nitrogens with one attached hydrogen (secondary N) is 2. The molecule has 1 aromatic heterocycles. The van der Waals surface area contributed by atoms with Gasteiger partial charge in [0.05, 0.1) is 0 Å². The molecule has 2 rings (SSSR count). The second kappa shape index (κ2) is 3.92. The van der Waals surface area contributed by atoms with Crippen LogP contribution in [0.5, 0.6) is 0 Å². The van der Waals surface area contributed by atoms with Crippen LogP contribution in [-0.4, -0.2) is 22.6 Å². The summed E-state index contributed by atoms with van der Waals surface area (Å²) in [5.41, 5.74) is 1.33. The van der Waals surface area contributed by atoms with E-state index in [1.54, 1.807) is 0 Å². The molecule has 4 heteroatoms. The van der Waals surface area contributed by atoms with Crippen molar-refractivity contribution < 1.29 is 0 Å². The number of hydrogen-bond acceptors (Lipinski definition) is 4. The van der Waals surface area contributed by atoms with Crippen LogP contribution in [0.4, 0.5) is 11.6 Å². The lowest BCUT2D eigenvalue weighted by Gasteiger charge is -2.40. The topological polar surface area (TPSA) is 49.8 Å². The molecule has 0 atom stereocenters. The maximum Gasteiger partial charge on any atom is 0.135 e. The fourth-order valence-corrected chi connectivity index (χ4v) is 2.11. The van der Waals surface area contributed by atoms with E-state index in [1.807, 2.05) is 14.0 Å². The zero-order valence-electron chi connectivity index (χ0n) is 10.5. The Labute approximate surface area is 96.9 Å². The molecule has 88 valence electrons. The maximum absolute atomic E-state index is 4.49. The van der Waals surface area contributed by atoms with Gasteiger partial charge < -0.3 is 10.6 Å². The highest BCUT2D eigenvalue weighted by Crippen LogP contribution is 2.35. The minimum absolute atomic E-state index is 0.233. The molecule has 0 spiro atoms. The first kappa shape index (κ1) is 11.2. The zero-order valence-corrected chi connectivity index (χ0v) is 10.5. The zero-order chi connectivity index (χ0) is 11.8. The molecule has 2 N–H and O–H groups in total. The number of anilines is 2. The second-order valence-electron chi connectivity index (χ2n) is 4.88. The molecule has 0 radical (unpaired) electrons. The number of rotatable bonds is 3. The van der Waals surface area contributed by atoms with Gasteiger partial charge in [-0.15, -0.1) is 0 Å². The van der Waals surface area contributed by atoms with Gasteiger partial charge in [0.2, 0.25) is 0 Å². The van der Waals surface area contributed by atoms with E-state index >= 15 is 0 Å². The van der Waals surface area contributed by atoms with E-state index in [0.717, 1.165) is 23.0 Å². The van der Waals surface area contributed by atoms with Crippen LogP contribution in [0, 0.1) is 13.8 Å². The van der Waals surface area contributed by atoms with Crippen molar-refractivity contribution >= 4 is 11.6 Å². The summed E-state index contributed by atoms with van der Waals surface area (Å²) in [6, 6.07) is 0. The fourth-order valence-electron chi connectivity index (χ4n) is 2.11. The summed E-state index contributed by atoms with van der Waals surface area (Å²) < 4.78 is 0. The van der Waals surface area contributed by atoms with Crippen molar-refractivity contribution in [2.75, 3.05) is 17.7 Å². The Morgan fingerprint density at radius 3 is 2.25 bits per heavy atom. The summed E-state index contributed by atoms with van der Waals surface area (Å²) in [7, 11) is 1.89. The van der Waals surface area contributed by atoms with E-state index in [9.17, 15) is 0 Å². The Balaban J connectivity index is 2.29. The molecule has 0 aromatic carbocycles. The van der Waals surface area contributed by atoms with E-state index in [1.165, 1.54) is 19.3 Å². The molecular formula is C12H20N4. The van der Waals surface area contributed by atoms with Crippen LogP contribution >= 0.6 is 0 Å². The largest absolute Gasteiger partial charge is 0.373 e. The number of aromatic nitrogens is 2. The van der Waals surface area contributed by atoms with Gasteiger partial charge in [-0.25, -0.2) is 9.97 Å². The Hall–Kier alpha value is -1.32. The van der Waals surface area contributed by atoms with E-state index in [-0.39, 0.29) is 5.54 Å². The molecule has 0 bridgehead atoms. The van der Waals surface area contributed by atoms with Crippen molar-refractivity contribution in [1.82, 2.24) is 9.97 Å². The maximum atomic E-state index is 4.49. The molecule has 0 saturated heterocycles. The van der Waals surface area contributed by atoms with E-state index < -0.39 is 0 Å². The summed E-state index contributed by atoms with van der Waals surface area (Å²) in [4.78, 5) is 8.85. The highest BCUT2D eigenvalue weighted by atomic mass is 15.1. The third-order valence-electron chi connectivity index (χ3n) is 3.37. The molecule has 0 aliphatic heterocycles. The van der Waals surface area contributed by atoms with Crippen LogP contribution in [0.15, 0.2) is 0 Å². The molecule has 1 aliphatic carbocycles. The van der Waals surface area contributed by atoms with Gasteiger partial charge in [-0.1, -0.05) is 0 Å². The van der Waals surface area contributed by atoms with Gasteiger partial charge in [0.1, 0.15) is 17.5 Å². The van der Waals surface area contributed by atoms with Gasteiger partial charge in [-0.05, 0) is 40.0 Å². The molecule has 0 amide bonds. The molecule has 1 aromatic rings. The summed E-state index contributed by atoms with van der Waals surface area (Å²) >= 11 is 0. The number of hydrogen-bond donors (Lipinski definition) is 2. The SMILES string of the molecule is CNc1nc(C)nc(NC2(C)CCC2)c1C. The van der Waals surface area contributed by atoms with Gasteiger partial charge in [-0.2, -0.15) is 0 Å². The third kappa shape index (κ3) is 1.96. The van der Waals surface area contributed by atoms with Crippen LogP contribution < -0.4 is 10.6 Å². The Morgan fingerprint density at radius 2 is 1.75 bits per heavy atom. The quantitative estimate of drug-likeness (QED) is 0.821. The molecule has 1 aliphatic rings. The lowest BCUT2D eigenvalue weighted by Crippen LogP contribution is -2.42. The lowest BCUT2D eigenvalue weighted by molar-refractivity contribution is 0.305. The fraction of sp³-hybridized carbons (Fsp3) is 0.667. The number of aryl methyl sites for hydroxylation is 1. The Morgan fingerprint density at radius 1 is 1.12 bits per heavy atom. The normalized spacial score (nSPS) is 17.8. The van der Waals surface area contributed by atoms with E-state index in [2.05, 4.69) is 34.4 Å². The van der Waals surface area contributed by atoms with Gasteiger partial charge in [0.25, 0.3) is 0 Å². The van der Waals surface area contributed by atoms with Crippen LogP contribution in [0.1, 0.15) is 37.6 Å². The predicted octanol–water partition coefficient (Wildman–Crippen LogP) is 2.49. The van der Waals surface area contributed by atoms with Crippen molar-refractivity contribution in [2.24, 2.45) is 0 Å². The minimum atomic E-state index is 0.233. The summed E-state index contributed by atoms with van der Waals surface area (Å²) in [5, 5.41) is 6.65. The van der Waals surface area contributed by atoms with Crippen LogP contribution in [0.2, 0.25) is 0 Å². The molecule has 1 saturated carbocycles. The summed E-state index contributed by atoms with van der Waals surface area (Å²) in [5.74, 6) is 2.69. The second-order valence-corrected chi connectivity index (χ2v) is 4.88. The van der Waals surface area contributed by atoms with Crippen molar-refractivity contribution in [2.45, 2.75) is 45.6 Å². The summed E-state index contributed by atoms with van der Waals surface area (Å²) in [6.07, 6.45) is 3.76. The molecule has 0 unspecified atom stereocenters. The lowest BCUT2D eigenvalue weighted by atomic mass is 9.78. The predicted molar refractivity (Wildman–Crippen MR) is 66.9 cm³/mol.